The molecule has 0 bridgehead atoms. The van der Waals surface area contributed by atoms with Crippen LogP contribution in [0.1, 0.15) is 5.69 Å². The van der Waals surface area contributed by atoms with E-state index in [4.69, 9.17) is 14.2 Å². The van der Waals surface area contributed by atoms with Gasteiger partial charge in [-0.15, -0.1) is 11.3 Å². The lowest BCUT2D eigenvalue weighted by molar-refractivity contribution is 0.341. The topological polar surface area (TPSA) is 45.0 Å². The molecule has 0 spiro atoms. The van der Waals surface area contributed by atoms with Gasteiger partial charge in [-0.3, -0.25) is 4.40 Å². The van der Waals surface area contributed by atoms with Crippen molar-refractivity contribution >= 4 is 32.2 Å². The summed E-state index contributed by atoms with van der Waals surface area (Å²) in [6, 6.07) is 5.50. The van der Waals surface area contributed by atoms with E-state index in [1.54, 1.807) is 25.6 Å². The number of thiazole rings is 1. The molecule has 7 heteroatoms. The number of alkyl halides is 1. The Bertz CT molecular complexity index is 747. The molecule has 3 aromatic rings. The molecule has 0 amide bonds. The van der Waals surface area contributed by atoms with Gasteiger partial charge in [0.25, 0.3) is 0 Å². The normalized spacial score (nSPS) is 10.8. The second kappa shape index (κ2) is 5.95. The van der Waals surface area contributed by atoms with Gasteiger partial charge in [-0.25, -0.2) is 0 Å². The lowest BCUT2D eigenvalue weighted by atomic mass is 10.3. The maximum atomic E-state index is 5.98. The van der Waals surface area contributed by atoms with Crippen molar-refractivity contribution in [3.05, 3.63) is 35.5 Å². The molecule has 21 heavy (non-hydrogen) atoms. The van der Waals surface area contributed by atoms with Crippen LogP contribution in [0.5, 0.6) is 23.1 Å². The van der Waals surface area contributed by atoms with Gasteiger partial charge in [0.1, 0.15) is 0 Å². The Morgan fingerprint density at radius 3 is 2.57 bits per heavy atom. The van der Waals surface area contributed by atoms with Gasteiger partial charge in [0.2, 0.25) is 11.6 Å². The van der Waals surface area contributed by atoms with E-state index >= 15 is 0 Å². The third kappa shape index (κ3) is 2.47. The maximum Gasteiger partial charge on any atom is 0.243 e. The van der Waals surface area contributed by atoms with E-state index < -0.39 is 0 Å². The van der Waals surface area contributed by atoms with E-state index in [0.717, 1.165) is 10.7 Å². The second-order valence-corrected chi connectivity index (χ2v) is 5.58. The van der Waals surface area contributed by atoms with E-state index in [9.17, 15) is 0 Å². The molecule has 0 atom stereocenters. The van der Waals surface area contributed by atoms with Crippen LogP contribution in [0.2, 0.25) is 0 Å². The summed E-state index contributed by atoms with van der Waals surface area (Å²) >= 11 is 5.04. The largest absolute Gasteiger partial charge is 0.493 e. The molecule has 0 N–H and O–H groups in total. The summed E-state index contributed by atoms with van der Waals surface area (Å²) in [6.45, 7) is 0. The first-order chi connectivity index (χ1) is 10.3. The summed E-state index contributed by atoms with van der Waals surface area (Å²) in [7, 11) is 3.19. The lowest BCUT2D eigenvalue weighted by Crippen LogP contribution is -1.96. The first-order valence-electron chi connectivity index (χ1n) is 6.17. The van der Waals surface area contributed by atoms with E-state index in [2.05, 4.69) is 20.9 Å². The standard InChI is InChI=1S/C14H13BrN2O3S/c1-18-10-4-3-5-11(19-2)12(10)20-13-9(8-15)17-6-7-21-14(17)16-13/h3-7H,8H2,1-2H3. The zero-order chi connectivity index (χ0) is 14.8. The number of fused-ring (bicyclic) bond motifs is 1. The zero-order valence-electron chi connectivity index (χ0n) is 11.5. The molecule has 0 aliphatic rings. The summed E-state index contributed by atoms with van der Waals surface area (Å²) in [5.41, 5.74) is 0.944. The third-order valence-corrected chi connectivity index (χ3v) is 4.32. The number of ether oxygens (including phenoxy) is 3. The Morgan fingerprint density at radius 1 is 1.24 bits per heavy atom. The van der Waals surface area contributed by atoms with Crippen molar-refractivity contribution in [2.75, 3.05) is 14.2 Å². The average molecular weight is 369 g/mol. The third-order valence-electron chi connectivity index (χ3n) is 3.03. The van der Waals surface area contributed by atoms with Crippen LogP contribution in [0.3, 0.4) is 0 Å². The quantitative estimate of drug-likeness (QED) is 0.636. The number of methoxy groups -OCH3 is 2. The van der Waals surface area contributed by atoms with Gasteiger partial charge in [0, 0.05) is 16.9 Å². The van der Waals surface area contributed by atoms with E-state index in [-0.39, 0.29) is 0 Å². The molecule has 3 rings (SSSR count). The summed E-state index contributed by atoms with van der Waals surface area (Å²) < 4.78 is 18.7. The van der Waals surface area contributed by atoms with Gasteiger partial charge >= 0.3 is 0 Å². The SMILES string of the molecule is COc1cccc(OC)c1Oc1nc2sccn2c1CBr. The molecular formula is C14H13BrN2O3S. The minimum absolute atomic E-state index is 0.524. The highest BCUT2D eigenvalue weighted by Crippen LogP contribution is 2.41. The van der Waals surface area contributed by atoms with Crippen LogP contribution in [0.15, 0.2) is 29.8 Å². The Balaban J connectivity index is 2.07. The minimum atomic E-state index is 0.524. The predicted molar refractivity (Wildman–Crippen MR) is 85.3 cm³/mol. The molecule has 0 aliphatic heterocycles. The molecular weight excluding hydrogens is 356 g/mol. The summed E-state index contributed by atoms with van der Waals surface area (Å²) in [5.74, 6) is 2.27. The minimum Gasteiger partial charge on any atom is -0.493 e. The van der Waals surface area contributed by atoms with Crippen LogP contribution in [0, 0.1) is 0 Å². The van der Waals surface area contributed by atoms with Gasteiger partial charge in [-0.05, 0) is 12.1 Å². The van der Waals surface area contributed by atoms with Crippen molar-refractivity contribution in [2.24, 2.45) is 0 Å². The van der Waals surface area contributed by atoms with Crippen molar-refractivity contribution in [1.82, 2.24) is 9.38 Å². The fourth-order valence-electron chi connectivity index (χ4n) is 2.03. The Morgan fingerprint density at radius 2 is 1.95 bits per heavy atom. The number of halogens is 1. The number of hydrogen-bond acceptors (Lipinski definition) is 5. The summed E-state index contributed by atoms with van der Waals surface area (Å²) in [5, 5.41) is 2.62. The van der Waals surface area contributed by atoms with E-state index in [0.29, 0.717) is 28.5 Å². The molecule has 5 nitrogen and oxygen atoms in total. The summed E-state index contributed by atoms with van der Waals surface area (Å²) in [6.07, 6.45) is 1.97. The predicted octanol–water partition coefficient (Wildman–Crippen LogP) is 4.10. The van der Waals surface area contributed by atoms with Crippen LogP contribution in [0.4, 0.5) is 0 Å². The van der Waals surface area contributed by atoms with Gasteiger partial charge in [-0.2, -0.15) is 4.98 Å². The number of imidazole rings is 1. The van der Waals surface area contributed by atoms with E-state index in [1.165, 1.54) is 0 Å². The van der Waals surface area contributed by atoms with Gasteiger partial charge in [0.05, 0.1) is 19.9 Å². The van der Waals surface area contributed by atoms with Crippen molar-refractivity contribution in [1.29, 1.82) is 0 Å². The fraction of sp³-hybridized carbons (Fsp3) is 0.214. The van der Waals surface area contributed by atoms with Crippen LogP contribution < -0.4 is 14.2 Å². The maximum absolute atomic E-state index is 5.98. The van der Waals surface area contributed by atoms with Crippen molar-refractivity contribution in [3.8, 4) is 23.1 Å². The van der Waals surface area contributed by atoms with E-state index in [1.807, 2.05) is 34.2 Å². The molecule has 1 aromatic carbocycles. The Hall–Kier alpha value is -1.73. The number of nitrogens with zero attached hydrogens (tertiary/aromatic N) is 2. The van der Waals surface area contributed by atoms with Gasteiger partial charge < -0.3 is 14.2 Å². The molecule has 2 heterocycles. The van der Waals surface area contributed by atoms with Crippen LogP contribution in [-0.2, 0) is 5.33 Å². The number of hydrogen-bond donors (Lipinski definition) is 0. The van der Waals surface area contributed by atoms with Gasteiger partial charge in [-0.1, -0.05) is 22.0 Å². The summed E-state index contributed by atoms with van der Waals surface area (Å²) in [4.78, 5) is 5.39. The van der Waals surface area contributed by atoms with Crippen LogP contribution in [-0.4, -0.2) is 23.6 Å². The second-order valence-electron chi connectivity index (χ2n) is 4.15. The zero-order valence-corrected chi connectivity index (χ0v) is 13.9. The highest BCUT2D eigenvalue weighted by Gasteiger charge is 2.19. The monoisotopic (exact) mass is 368 g/mol. The molecule has 0 unspecified atom stereocenters. The average Bonchev–Trinajstić information content (AvgIpc) is 3.07. The number of aromatic nitrogens is 2. The van der Waals surface area contributed by atoms with Crippen LogP contribution in [0.25, 0.3) is 4.96 Å². The highest BCUT2D eigenvalue weighted by molar-refractivity contribution is 9.08. The lowest BCUT2D eigenvalue weighted by Gasteiger charge is -2.12. The number of para-hydroxylation sites is 1. The van der Waals surface area contributed by atoms with Gasteiger partial charge in [0.15, 0.2) is 16.5 Å². The van der Waals surface area contributed by atoms with Crippen LogP contribution >= 0.6 is 27.3 Å². The first-order valence-corrected chi connectivity index (χ1v) is 8.17. The molecule has 0 aliphatic carbocycles. The van der Waals surface area contributed by atoms with Crippen molar-refractivity contribution in [3.63, 3.8) is 0 Å². The molecule has 0 saturated heterocycles. The highest BCUT2D eigenvalue weighted by atomic mass is 79.9. The Labute approximate surface area is 134 Å². The molecule has 0 radical (unpaired) electrons. The molecule has 2 aromatic heterocycles. The molecule has 0 fully saturated rings. The molecule has 110 valence electrons. The fourth-order valence-corrected chi connectivity index (χ4v) is 3.27. The molecule has 0 saturated carbocycles. The smallest absolute Gasteiger partial charge is 0.243 e. The Kier molecular flexibility index (Phi) is 4.03. The number of benzene rings is 1. The van der Waals surface area contributed by atoms with Crippen molar-refractivity contribution in [2.45, 2.75) is 5.33 Å². The van der Waals surface area contributed by atoms with Crippen molar-refractivity contribution < 1.29 is 14.2 Å². The first kappa shape index (κ1) is 14.2. The number of rotatable bonds is 5.